The highest BCUT2D eigenvalue weighted by atomic mass is 35.5. The maximum atomic E-state index is 5.94. The number of nitrogens with one attached hydrogen (secondary N) is 2. The number of hydrogen-bond donors (Lipinski definition) is 2. The molecule has 29 heavy (non-hydrogen) atoms. The molecule has 0 spiro atoms. The Morgan fingerprint density at radius 2 is 1.97 bits per heavy atom. The lowest BCUT2D eigenvalue weighted by molar-refractivity contribution is 0.755. The molecule has 9 heteroatoms. The molecular formula is C20H25ClN6S2. The molecule has 0 saturated heterocycles. The number of rotatable bonds is 9. The normalized spacial score (nSPS) is 11.6. The standard InChI is InChI=1S/C20H25ClN6S2/c1-15-25-26-19(27(15)2)14-24-20(22-10-9-17-4-3-12-28-17)23-11-13-29-18-7-5-16(21)6-8-18/h3-8,12H,9-11,13-14H2,1-2H3,(H2,22,23,24). The number of thioether (sulfide) groups is 1. The minimum atomic E-state index is 0.482. The Bertz CT molecular complexity index is 906. The summed E-state index contributed by atoms with van der Waals surface area (Å²) in [6.45, 7) is 4.05. The third kappa shape index (κ3) is 7.06. The summed E-state index contributed by atoms with van der Waals surface area (Å²) < 4.78 is 1.96. The van der Waals surface area contributed by atoms with Crippen LogP contribution in [0.2, 0.25) is 5.02 Å². The molecule has 0 bridgehead atoms. The monoisotopic (exact) mass is 448 g/mol. The van der Waals surface area contributed by atoms with Gasteiger partial charge >= 0.3 is 0 Å². The van der Waals surface area contributed by atoms with Crippen molar-refractivity contribution in [2.75, 3.05) is 18.8 Å². The first-order chi connectivity index (χ1) is 14.1. The largest absolute Gasteiger partial charge is 0.356 e. The maximum absolute atomic E-state index is 5.94. The van der Waals surface area contributed by atoms with E-state index in [4.69, 9.17) is 16.6 Å². The Balaban J connectivity index is 1.51. The van der Waals surface area contributed by atoms with Gasteiger partial charge in [0.2, 0.25) is 0 Å². The van der Waals surface area contributed by atoms with Gasteiger partial charge in [-0.3, -0.25) is 0 Å². The summed E-state index contributed by atoms with van der Waals surface area (Å²) in [6, 6.07) is 12.1. The summed E-state index contributed by atoms with van der Waals surface area (Å²) in [7, 11) is 1.96. The fourth-order valence-electron chi connectivity index (χ4n) is 2.54. The van der Waals surface area contributed by atoms with Crippen molar-refractivity contribution >= 4 is 40.7 Å². The van der Waals surface area contributed by atoms with Gasteiger partial charge in [-0.15, -0.1) is 33.3 Å². The molecule has 2 aromatic heterocycles. The van der Waals surface area contributed by atoms with Gasteiger partial charge in [-0.25, -0.2) is 4.99 Å². The van der Waals surface area contributed by atoms with Crippen molar-refractivity contribution in [3.8, 4) is 0 Å². The molecule has 0 unspecified atom stereocenters. The van der Waals surface area contributed by atoms with E-state index in [-0.39, 0.29) is 0 Å². The zero-order valence-corrected chi connectivity index (χ0v) is 18.9. The summed E-state index contributed by atoms with van der Waals surface area (Å²) in [5.41, 5.74) is 0. The summed E-state index contributed by atoms with van der Waals surface area (Å²) >= 11 is 9.50. The number of thiophene rings is 1. The second kappa shape index (κ2) is 11.2. The number of guanidine groups is 1. The molecule has 6 nitrogen and oxygen atoms in total. The van der Waals surface area contributed by atoms with E-state index >= 15 is 0 Å². The van der Waals surface area contributed by atoms with E-state index < -0.39 is 0 Å². The van der Waals surface area contributed by atoms with E-state index in [1.165, 1.54) is 9.77 Å². The average molecular weight is 449 g/mol. The molecular weight excluding hydrogens is 424 g/mol. The number of aliphatic imine (C=N–C) groups is 1. The summed E-state index contributed by atoms with van der Waals surface area (Å²) in [5, 5.41) is 18.0. The van der Waals surface area contributed by atoms with Gasteiger partial charge in [0, 0.05) is 40.7 Å². The third-order valence-corrected chi connectivity index (χ3v) is 6.48. The summed E-state index contributed by atoms with van der Waals surface area (Å²) in [4.78, 5) is 7.25. The third-order valence-electron chi connectivity index (χ3n) is 4.28. The first-order valence-electron chi connectivity index (χ1n) is 9.39. The van der Waals surface area contributed by atoms with E-state index in [1.54, 1.807) is 23.1 Å². The number of halogens is 1. The van der Waals surface area contributed by atoms with Crippen LogP contribution < -0.4 is 10.6 Å². The van der Waals surface area contributed by atoms with Crippen molar-refractivity contribution < 1.29 is 0 Å². The van der Waals surface area contributed by atoms with Gasteiger partial charge in [-0.1, -0.05) is 17.7 Å². The van der Waals surface area contributed by atoms with Crippen LogP contribution >= 0.6 is 34.7 Å². The van der Waals surface area contributed by atoms with Crippen molar-refractivity contribution in [2.45, 2.75) is 24.8 Å². The van der Waals surface area contributed by atoms with Crippen LogP contribution in [0, 0.1) is 6.92 Å². The molecule has 2 N–H and O–H groups in total. The Hall–Kier alpha value is -2.03. The molecule has 0 atom stereocenters. The van der Waals surface area contributed by atoms with Crippen LogP contribution in [0.3, 0.4) is 0 Å². The molecule has 3 aromatic rings. The van der Waals surface area contributed by atoms with Gasteiger partial charge in [0.15, 0.2) is 11.8 Å². The molecule has 1 aromatic carbocycles. The second-order valence-electron chi connectivity index (χ2n) is 6.37. The van der Waals surface area contributed by atoms with Crippen molar-refractivity contribution in [3.05, 3.63) is 63.3 Å². The molecule has 0 fully saturated rings. The number of benzene rings is 1. The van der Waals surface area contributed by atoms with E-state index in [0.29, 0.717) is 6.54 Å². The average Bonchev–Trinajstić information content (AvgIpc) is 3.35. The van der Waals surface area contributed by atoms with Crippen molar-refractivity contribution in [2.24, 2.45) is 12.0 Å². The van der Waals surface area contributed by atoms with Gasteiger partial charge in [0.1, 0.15) is 12.4 Å². The molecule has 0 aliphatic carbocycles. The summed E-state index contributed by atoms with van der Waals surface area (Å²) in [5.74, 6) is 3.45. The molecule has 154 valence electrons. The van der Waals surface area contributed by atoms with Gasteiger partial charge in [-0.05, 0) is 49.1 Å². The van der Waals surface area contributed by atoms with E-state index in [9.17, 15) is 0 Å². The Kier molecular flexibility index (Phi) is 8.39. The van der Waals surface area contributed by atoms with Crippen LogP contribution in [0.25, 0.3) is 0 Å². The number of aromatic nitrogens is 3. The Morgan fingerprint density at radius 1 is 1.17 bits per heavy atom. The fourth-order valence-corrected chi connectivity index (χ4v) is 4.14. The van der Waals surface area contributed by atoms with E-state index in [1.807, 2.05) is 42.8 Å². The topological polar surface area (TPSA) is 67.1 Å². The van der Waals surface area contributed by atoms with Crippen LogP contribution in [0.15, 0.2) is 51.7 Å². The predicted octanol–water partition coefficient (Wildman–Crippen LogP) is 3.91. The van der Waals surface area contributed by atoms with Crippen molar-refractivity contribution in [1.29, 1.82) is 0 Å². The van der Waals surface area contributed by atoms with Gasteiger partial charge in [-0.2, -0.15) is 0 Å². The van der Waals surface area contributed by atoms with Crippen LogP contribution in [0.1, 0.15) is 16.5 Å². The van der Waals surface area contributed by atoms with Crippen LogP contribution in [0.4, 0.5) is 0 Å². The van der Waals surface area contributed by atoms with Gasteiger partial charge < -0.3 is 15.2 Å². The Labute approximate surface area is 184 Å². The first-order valence-corrected chi connectivity index (χ1v) is 11.6. The van der Waals surface area contributed by atoms with Crippen LogP contribution in [0.5, 0.6) is 0 Å². The molecule has 2 heterocycles. The van der Waals surface area contributed by atoms with E-state index in [2.05, 4.69) is 38.3 Å². The van der Waals surface area contributed by atoms with Crippen molar-refractivity contribution in [1.82, 2.24) is 25.4 Å². The highest BCUT2D eigenvalue weighted by Crippen LogP contribution is 2.19. The lowest BCUT2D eigenvalue weighted by atomic mass is 10.3. The second-order valence-corrected chi connectivity index (χ2v) is 9.01. The highest BCUT2D eigenvalue weighted by Gasteiger charge is 2.05. The quantitative estimate of drug-likeness (QED) is 0.225. The maximum Gasteiger partial charge on any atom is 0.191 e. The number of nitrogens with zero attached hydrogens (tertiary/aromatic N) is 4. The first kappa shape index (κ1) is 21.7. The smallest absolute Gasteiger partial charge is 0.191 e. The highest BCUT2D eigenvalue weighted by molar-refractivity contribution is 7.99. The predicted molar refractivity (Wildman–Crippen MR) is 123 cm³/mol. The SMILES string of the molecule is Cc1nnc(CN=C(NCCSc2ccc(Cl)cc2)NCCc2cccs2)n1C. The van der Waals surface area contributed by atoms with Gasteiger partial charge in [0.25, 0.3) is 0 Å². The lowest BCUT2D eigenvalue weighted by Crippen LogP contribution is -2.39. The van der Waals surface area contributed by atoms with Crippen LogP contribution in [-0.4, -0.2) is 39.6 Å². The van der Waals surface area contributed by atoms with Crippen LogP contribution in [-0.2, 0) is 20.0 Å². The van der Waals surface area contributed by atoms with Gasteiger partial charge in [0.05, 0.1) is 0 Å². The molecule has 0 aliphatic rings. The minimum Gasteiger partial charge on any atom is -0.356 e. The van der Waals surface area contributed by atoms with E-state index in [0.717, 1.165) is 47.9 Å². The molecule has 0 saturated carbocycles. The molecule has 0 amide bonds. The number of aryl methyl sites for hydroxylation is 1. The fraction of sp³-hybridized carbons (Fsp3) is 0.350. The minimum absolute atomic E-state index is 0.482. The summed E-state index contributed by atoms with van der Waals surface area (Å²) in [6.07, 6.45) is 0.973. The zero-order chi connectivity index (χ0) is 20.5. The number of hydrogen-bond acceptors (Lipinski definition) is 5. The molecule has 3 rings (SSSR count). The molecule has 0 radical (unpaired) electrons. The Morgan fingerprint density at radius 3 is 2.66 bits per heavy atom. The molecule has 0 aliphatic heterocycles. The zero-order valence-electron chi connectivity index (χ0n) is 16.6. The van der Waals surface area contributed by atoms with Crippen molar-refractivity contribution in [3.63, 3.8) is 0 Å². The lowest BCUT2D eigenvalue weighted by Gasteiger charge is -2.12.